The number of hydrogen-bond acceptors (Lipinski definition) is 7. The third kappa shape index (κ3) is 4.88. The highest BCUT2D eigenvalue weighted by Gasteiger charge is 2.35. The smallest absolute Gasteiger partial charge is 0.280 e. The van der Waals surface area contributed by atoms with E-state index in [1.54, 1.807) is 24.3 Å². The molecule has 4 heterocycles. The summed E-state index contributed by atoms with van der Waals surface area (Å²) in [6, 6.07) is 10.8. The number of fused-ring (bicyclic) bond motifs is 2. The van der Waals surface area contributed by atoms with Crippen molar-refractivity contribution < 1.29 is 35.5 Å². The zero-order valence-electron chi connectivity index (χ0n) is 19.4. The molecule has 1 N–H and O–H groups in total. The van der Waals surface area contributed by atoms with Crippen LogP contribution in [0.25, 0.3) is 22.3 Å². The van der Waals surface area contributed by atoms with Crippen LogP contribution in [-0.4, -0.2) is 41.4 Å². The Morgan fingerprint density at radius 3 is 2.68 bits per heavy atom. The van der Waals surface area contributed by atoms with Gasteiger partial charge in [-0.1, -0.05) is 6.07 Å². The van der Waals surface area contributed by atoms with Crippen LogP contribution in [0.2, 0.25) is 0 Å². The molecule has 0 fully saturated rings. The number of rotatable bonds is 5. The van der Waals surface area contributed by atoms with Crippen molar-refractivity contribution in [3.8, 4) is 17.1 Å². The highest BCUT2D eigenvalue weighted by molar-refractivity contribution is 7.92. The first-order valence-electron chi connectivity index (χ1n) is 11.3. The Hall–Kier alpha value is -4.13. The number of nitrogens with zero attached hydrogens (tertiary/aromatic N) is 3. The fraction of sp³-hybridized carbons (Fsp3) is 0.200. The van der Waals surface area contributed by atoms with E-state index in [4.69, 9.17) is 4.74 Å². The van der Waals surface area contributed by atoms with E-state index in [1.165, 1.54) is 18.3 Å². The van der Waals surface area contributed by atoms with Gasteiger partial charge in [0.2, 0.25) is 15.3 Å². The van der Waals surface area contributed by atoms with Crippen LogP contribution < -0.4 is 10.1 Å². The summed E-state index contributed by atoms with van der Waals surface area (Å²) in [6.07, 6.45) is -1.69. The van der Waals surface area contributed by atoms with Crippen LogP contribution in [-0.2, 0) is 16.4 Å². The van der Waals surface area contributed by atoms with Crippen LogP contribution in [0.4, 0.5) is 17.6 Å². The van der Waals surface area contributed by atoms with E-state index >= 15 is 0 Å². The normalized spacial score (nSPS) is 16.5. The van der Waals surface area contributed by atoms with E-state index in [0.29, 0.717) is 22.3 Å². The molecule has 1 atom stereocenters. The quantitative estimate of drug-likeness (QED) is 0.366. The molecule has 1 aromatic carbocycles. The summed E-state index contributed by atoms with van der Waals surface area (Å²) in [5.41, 5.74) is -1.56. The van der Waals surface area contributed by atoms with Gasteiger partial charge in [-0.3, -0.25) is 9.78 Å². The number of ether oxygens (including phenoxy) is 1. The third-order valence-corrected chi connectivity index (χ3v) is 7.65. The zero-order chi connectivity index (χ0) is 27.0. The summed E-state index contributed by atoms with van der Waals surface area (Å²) in [6.45, 7) is -0.458. The largest absolute Gasteiger partial charge is 0.489 e. The standard InChI is InChI=1S/C25H18F4N4O4S/c26-16-8-14(9-21-23(16)37-7-6-22(27)38(21,35)36)25(34)31-12-15-10-20-13(11-30-15)4-5-18(33-20)17-2-1-3-19(32-17)24(28)29/h1-5,8-11,22,24H,6-7,12H2,(H,31,34)/t22-/m1/s1. The third-order valence-electron chi connectivity index (χ3n) is 5.82. The van der Waals surface area contributed by atoms with Crippen molar-refractivity contribution in [2.75, 3.05) is 6.61 Å². The van der Waals surface area contributed by atoms with Crippen molar-refractivity contribution >= 4 is 26.6 Å². The average molecular weight is 547 g/mol. The average Bonchev–Trinajstić information content (AvgIpc) is 3.02. The van der Waals surface area contributed by atoms with Crippen molar-refractivity contribution in [2.45, 2.75) is 29.8 Å². The van der Waals surface area contributed by atoms with Gasteiger partial charge in [0, 0.05) is 23.6 Å². The van der Waals surface area contributed by atoms with E-state index in [-0.39, 0.29) is 30.1 Å². The molecule has 1 aliphatic heterocycles. The molecule has 0 saturated carbocycles. The Bertz CT molecular complexity index is 1670. The van der Waals surface area contributed by atoms with E-state index in [2.05, 4.69) is 20.3 Å². The van der Waals surface area contributed by atoms with E-state index in [1.807, 2.05) is 0 Å². The van der Waals surface area contributed by atoms with Gasteiger partial charge in [-0.25, -0.2) is 35.9 Å². The Morgan fingerprint density at radius 1 is 1.11 bits per heavy atom. The number of halogens is 4. The predicted octanol–water partition coefficient (Wildman–Crippen LogP) is 4.55. The number of nitrogens with one attached hydrogen (secondary N) is 1. The number of amides is 1. The monoisotopic (exact) mass is 546 g/mol. The van der Waals surface area contributed by atoms with Crippen LogP contribution in [0.3, 0.4) is 0 Å². The van der Waals surface area contributed by atoms with Gasteiger partial charge in [-0.05, 0) is 42.5 Å². The molecule has 0 spiro atoms. The van der Waals surface area contributed by atoms with E-state index in [9.17, 15) is 30.8 Å². The fourth-order valence-electron chi connectivity index (χ4n) is 3.88. The molecule has 1 amide bonds. The molecule has 8 nitrogen and oxygen atoms in total. The Balaban J connectivity index is 1.38. The van der Waals surface area contributed by atoms with Gasteiger partial charge >= 0.3 is 0 Å². The molecule has 13 heteroatoms. The maximum Gasteiger partial charge on any atom is 0.280 e. The molecule has 38 heavy (non-hydrogen) atoms. The second-order valence-corrected chi connectivity index (χ2v) is 10.4. The summed E-state index contributed by atoms with van der Waals surface area (Å²) < 4.78 is 84.6. The van der Waals surface area contributed by atoms with Crippen LogP contribution in [0, 0.1) is 5.82 Å². The molecule has 0 radical (unpaired) electrons. The molecule has 0 unspecified atom stereocenters. The van der Waals surface area contributed by atoms with Gasteiger partial charge in [0.15, 0.2) is 11.6 Å². The van der Waals surface area contributed by atoms with E-state index in [0.717, 1.165) is 12.1 Å². The first-order valence-corrected chi connectivity index (χ1v) is 12.8. The van der Waals surface area contributed by atoms with Gasteiger partial charge in [-0.2, -0.15) is 0 Å². The lowest BCUT2D eigenvalue weighted by molar-refractivity contribution is 0.0949. The maximum atomic E-state index is 14.6. The number of alkyl halides is 3. The van der Waals surface area contributed by atoms with E-state index < -0.39 is 50.6 Å². The van der Waals surface area contributed by atoms with Crippen LogP contribution in [0.5, 0.6) is 5.75 Å². The summed E-state index contributed by atoms with van der Waals surface area (Å²) >= 11 is 0. The molecule has 5 rings (SSSR count). The molecule has 1 aliphatic rings. The molecule has 0 aliphatic carbocycles. The number of aromatic nitrogens is 3. The minimum Gasteiger partial charge on any atom is -0.489 e. The lowest BCUT2D eigenvalue weighted by Crippen LogP contribution is -2.24. The first-order chi connectivity index (χ1) is 18.1. The number of pyridine rings is 3. The Labute approximate surface area is 213 Å². The molecule has 4 aromatic rings. The second-order valence-electron chi connectivity index (χ2n) is 8.37. The van der Waals surface area contributed by atoms with Crippen molar-refractivity contribution in [3.63, 3.8) is 0 Å². The zero-order valence-corrected chi connectivity index (χ0v) is 20.2. The molecule has 3 aromatic heterocycles. The van der Waals surface area contributed by atoms with Crippen LogP contribution in [0.1, 0.15) is 34.6 Å². The highest BCUT2D eigenvalue weighted by Crippen LogP contribution is 2.35. The minimum absolute atomic E-state index is 0.131. The Morgan fingerprint density at radius 2 is 1.89 bits per heavy atom. The summed E-state index contributed by atoms with van der Waals surface area (Å²) in [5, 5.41) is 3.16. The van der Waals surface area contributed by atoms with Crippen LogP contribution >= 0.6 is 0 Å². The SMILES string of the molecule is O=C(NCc1cc2nc(-c3cccc(C(F)F)n3)ccc2cn1)c1cc(F)c2c(c1)S(=O)(=O)[C@@H](F)CCO2. The number of carbonyl (C=O) groups is 1. The molecule has 196 valence electrons. The molecule has 0 saturated heterocycles. The van der Waals surface area contributed by atoms with Crippen molar-refractivity contribution in [3.05, 3.63) is 77.5 Å². The fourth-order valence-corrected chi connectivity index (χ4v) is 5.27. The predicted molar refractivity (Wildman–Crippen MR) is 127 cm³/mol. The topological polar surface area (TPSA) is 111 Å². The summed E-state index contributed by atoms with van der Waals surface area (Å²) in [5.74, 6) is -2.54. The van der Waals surface area contributed by atoms with Crippen LogP contribution in [0.15, 0.2) is 59.6 Å². The van der Waals surface area contributed by atoms with Crippen molar-refractivity contribution in [1.29, 1.82) is 0 Å². The first kappa shape index (κ1) is 25.5. The number of sulfone groups is 1. The molecular weight excluding hydrogens is 528 g/mol. The molecule has 0 bridgehead atoms. The lowest BCUT2D eigenvalue weighted by atomic mass is 10.1. The molecular formula is C25H18F4N4O4S. The summed E-state index contributed by atoms with van der Waals surface area (Å²) in [7, 11) is -4.54. The van der Waals surface area contributed by atoms with Gasteiger partial charge in [0.05, 0.1) is 35.8 Å². The lowest BCUT2D eigenvalue weighted by Gasteiger charge is -2.12. The van der Waals surface area contributed by atoms with Gasteiger partial charge in [0.1, 0.15) is 10.6 Å². The minimum atomic E-state index is -4.54. The number of benzene rings is 1. The van der Waals surface area contributed by atoms with Gasteiger partial charge < -0.3 is 10.1 Å². The van der Waals surface area contributed by atoms with Gasteiger partial charge in [0.25, 0.3) is 12.3 Å². The summed E-state index contributed by atoms with van der Waals surface area (Å²) in [4.78, 5) is 24.6. The van der Waals surface area contributed by atoms with Crippen molar-refractivity contribution in [2.24, 2.45) is 0 Å². The van der Waals surface area contributed by atoms with Crippen molar-refractivity contribution in [1.82, 2.24) is 20.3 Å². The Kier molecular flexibility index (Phi) is 6.69. The number of carbonyl (C=O) groups excluding carboxylic acids is 1. The maximum absolute atomic E-state index is 14.6. The van der Waals surface area contributed by atoms with Gasteiger partial charge in [-0.15, -0.1) is 0 Å². The highest BCUT2D eigenvalue weighted by atomic mass is 32.2. The number of hydrogen-bond donors (Lipinski definition) is 1. The second kappa shape index (κ2) is 9.97.